The molecule has 1 amide bonds. The molecule has 0 saturated carbocycles. The summed E-state index contributed by atoms with van der Waals surface area (Å²) in [4.78, 5) is 19.6. The molecule has 33 heavy (non-hydrogen) atoms. The molecule has 1 unspecified atom stereocenters. The Morgan fingerprint density at radius 2 is 1.73 bits per heavy atom. The summed E-state index contributed by atoms with van der Waals surface area (Å²) in [5.74, 6) is -2.07. The average molecular weight is 493 g/mol. The molecule has 7 nitrogen and oxygen atoms in total. The Bertz CT molecular complexity index is 1020. The van der Waals surface area contributed by atoms with Gasteiger partial charge in [0.1, 0.15) is 6.17 Å². The number of aromatic nitrogens is 1. The van der Waals surface area contributed by atoms with E-state index in [9.17, 15) is 31.1 Å². The van der Waals surface area contributed by atoms with E-state index >= 15 is 0 Å². The van der Waals surface area contributed by atoms with Gasteiger partial charge in [0.25, 0.3) is 5.91 Å². The molecule has 0 saturated heterocycles. The molecule has 1 aromatic heterocycles. The highest BCUT2D eigenvalue weighted by molar-refractivity contribution is 6.30. The zero-order valence-corrected chi connectivity index (χ0v) is 17.3. The summed E-state index contributed by atoms with van der Waals surface area (Å²) in [6, 6.07) is 7.47. The summed E-state index contributed by atoms with van der Waals surface area (Å²) in [6.07, 6.45) is -10.8. The number of nitrogens with one attached hydrogen (secondary N) is 3. The number of hydrogen-bond acceptors (Lipinski definition) is 4. The fourth-order valence-electron chi connectivity index (χ4n) is 2.44. The highest BCUT2D eigenvalue weighted by atomic mass is 35.5. The lowest BCUT2D eigenvalue weighted by atomic mass is 9.85. The summed E-state index contributed by atoms with van der Waals surface area (Å²) in [7, 11) is 0. The maximum atomic E-state index is 13.7. The van der Waals surface area contributed by atoms with Gasteiger partial charge in [-0.15, -0.1) is 0 Å². The van der Waals surface area contributed by atoms with Crippen molar-refractivity contribution in [3.05, 3.63) is 59.4 Å². The van der Waals surface area contributed by atoms with Crippen LogP contribution in [0, 0.1) is 16.9 Å². The highest BCUT2D eigenvalue weighted by Gasteiger charge is 2.72. The fraction of sp³-hybridized carbons (Fsp3) is 0.263. The van der Waals surface area contributed by atoms with Gasteiger partial charge in [0.2, 0.25) is 5.96 Å². The largest absolute Gasteiger partial charge is 0.406 e. The Hall–Kier alpha value is -3.53. The Labute approximate surface area is 188 Å². The third kappa shape index (κ3) is 6.04. The van der Waals surface area contributed by atoms with Gasteiger partial charge in [-0.25, -0.2) is 4.99 Å². The molecule has 1 heterocycles. The normalized spacial score (nSPS) is 13.6. The number of guanidine groups is 1. The first-order valence-corrected chi connectivity index (χ1v) is 9.27. The third-order valence-corrected chi connectivity index (χ3v) is 4.71. The molecule has 1 atom stereocenters. The van der Waals surface area contributed by atoms with Crippen LogP contribution < -0.4 is 16.0 Å². The number of amides is 1. The molecule has 14 heteroatoms. The van der Waals surface area contributed by atoms with E-state index in [2.05, 4.69) is 15.3 Å². The van der Waals surface area contributed by atoms with Gasteiger partial charge < -0.3 is 10.6 Å². The zero-order chi connectivity index (χ0) is 24.9. The van der Waals surface area contributed by atoms with Crippen molar-refractivity contribution >= 4 is 29.2 Å². The van der Waals surface area contributed by atoms with Gasteiger partial charge in [0, 0.05) is 16.8 Å². The van der Waals surface area contributed by atoms with E-state index < -0.39 is 35.8 Å². The van der Waals surface area contributed by atoms with E-state index in [0.717, 1.165) is 12.1 Å². The van der Waals surface area contributed by atoms with Crippen LogP contribution in [0.4, 0.5) is 32.0 Å². The molecule has 0 aliphatic rings. The molecule has 0 spiro atoms. The number of halogens is 7. The number of hydrogen-bond donors (Lipinski definition) is 3. The van der Waals surface area contributed by atoms with Crippen molar-refractivity contribution in [1.29, 1.82) is 5.26 Å². The van der Waals surface area contributed by atoms with E-state index in [-0.39, 0.29) is 23.2 Å². The second-order valence-corrected chi connectivity index (χ2v) is 7.10. The number of carbonyl (C=O) groups is 1. The Morgan fingerprint density at radius 3 is 2.21 bits per heavy atom. The highest BCUT2D eigenvalue weighted by Crippen LogP contribution is 2.52. The molecule has 0 radical (unpaired) electrons. The summed E-state index contributed by atoms with van der Waals surface area (Å²) in [5.41, 5.74) is -4.69. The van der Waals surface area contributed by atoms with Gasteiger partial charge in [0.15, 0.2) is 11.6 Å². The van der Waals surface area contributed by atoms with Crippen molar-refractivity contribution in [2.75, 3.05) is 5.32 Å². The van der Waals surface area contributed by atoms with E-state index in [1.165, 1.54) is 42.9 Å². The Kier molecular flexibility index (Phi) is 7.76. The van der Waals surface area contributed by atoms with Crippen LogP contribution in [0.15, 0.2) is 53.8 Å². The van der Waals surface area contributed by atoms with Crippen molar-refractivity contribution in [2.45, 2.75) is 25.4 Å². The van der Waals surface area contributed by atoms with Gasteiger partial charge in [-0.3, -0.25) is 15.1 Å². The monoisotopic (exact) mass is 492 g/mol. The fourth-order valence-corrected chi connectivity index (χ4v) is 2.56. The summed E-state index contributed by atoms with van der Waals surface area (Å²) < 4.78 is 82.5. The lowest BCUT2D eigenvalue weighted by Crippen LogP contribution is -2.61. The topological polar surface area (TPSA) is 102 Å². The van der Waals surface area contributed by atoms with Crippen LogP contribution in [-0.2, 0) is 0 Å². The minimum Gasteiger partial charge on any atom is -0.329 e. The van der Waals surface area contributed by atoms with Crippen molar-refractivity contribution in [2.24, 2.45) is 10.4 Å². The number of benzene rings is 1. The smallest absolute Gasteiger partial charge is 0.329 e. The number of nitrogens with zero attached hydrogens (tertiary/aromatic N) is 3. The van der Waals surface area contributed by atoms with Crippen LogP contribution in [0.1, 0.15) is 17.3 Å². The SMILES string of the molecule is CC(C(/N=C(\NC#N)Nc1cccnc1)NC(=O)c1ccc(Cl)cc1)(C(F)(F)F)C(F)(F)F. The number of pyridine rings is 1. The zero-order valence-electron chi connectivity index (χ0n) is 16.6. The van der Waals surface area contributed by atoms with Crippen molar-refractivity contribution in [3.63, 3.8) is 0 Å². The van der Waals surface area contributed by atoms with Crippen molar-refractivity contribution < 1.29 is 31.1 Å². The third-order valence-electron chi connectivity index (χ3n) is 4.46. The first-order chi connectivity index (χ1) is 15.3. The summed E-state index contributed by atoms with van der Waals surface area (Å²) in [5, 5.41) is 15.0. The van der Waals surface area contributed by atoms with Gasteiger partial charge in [-0.05, 0) is 43.3 Å². The first-order valence-electron chi connectivity index (χ1n) is 8.89. The molecule has 0 aliphatic heterocycles. The molecule has 0 fully saturated rings. The molecule has 176 valence electrons. The quantitative estimate of drug-likeness (QED) is 0.188. The maximum Gasteiger partial charge on any atom is 0.406 e. The summed E-state index contributed by atoms with van der Waals surface area (Å²) >= 11 is 5.69. The number of anilines is 1. The molecule has 1 aromatic carbocycles. The summed E-state index contributed by atoms with van der Waals surface area (Å²) in [6.45, 7) is -0.141. The minimum absolute atomic E-state index is 0.0995. The number of aliphatic imine (C=N–C) groups is 1. The van der Waals surface area contributed by atoms with Gasteiger partial charge in [-0.2, -0.15) is 31.6 Å². The Morgan fingerprint density at radius 1 is 1.12 bits per heavy atom. The number of alkyl halides is 6. The lowest BCUT2D eigenvalue weighted by Gasteiger charge is -2.38. The van der Waals surface area contributed by atoms with E-state index in [1.807, 2.05) is 5.32 Å². The van der Waals surface area contributed by atoms with Crippen LogP contribution >= 0.6 is 11.6 Å². The molecule has 0 bridgehead atoms. The van der Waals surface area contributed by atoms with Crippen LogP contribution in [0.2, 0.25) is 5.02 Å². The number of rotatable bonds is 5. The van der Waals surface area contributed by atoms with Crippen LogP contribution in [-0.4, -0.2) is 35.4 Å². The Balaban J connectivity index is 2.58. The minimum atomic E-state index is -5.89. The van der Waals surface area contributed by atoms with Crippen LogP contribution in [0.5, 0.6) is 0 Å². The van der Waals surface area contributed by atoms with E-state index in [1.54, 1.807) is 5.32 Å². The first kappa shape index (κ1) is 25.7. The second-order valence-electron chi connectivity index (χ2n) is 6.66. The van der Waals surface area contributed by atoms with Crippen molar-refractivity contribution in [3.8, 4) is 6.19 Å². The number of nitriles is 1. The molecular weight excluding hydrogens is 478 g/mol. The van der Waals surface area contributed by atoms with Gasteiger partial charge in [0.05, 0.1) is 11.9 Å². The van der Waals surface area contributed by atoms with E-state index in [4.69, 9.17) is 16.9 Å². The van der Waals surface area contributed by atoms with Crippen LogP contribution in [0.25, 0.3) is 0 Å². The van der Waals surface area contributed by atoms with Crippen molar-refractivity contribution in [1.82, 2.24) is 15.6 Å². The second kappa shape index (κ2) is 9.95. The average Bonchev–Trinajstić information content (AvgIpc) is 2.72. The predicted octanol–water partition coefficient (Wildman–Crippen LogP) is 4.46. The van der Waals surface area contributed by atoms with Gasteiger partial charge in [-0.1, -0.05) is 11.6 Å². The van der Waals surface area contributed by atoms with Crippen LogP contribution in [0.3, 0.4) is 0 Å². The predicted molar refractivity (Wildman–Crippen MR) is 107 cm³/mol. The maximum absolute atomic E-state index is 13.7. The standard InChI is InChI=1S/C19H15ClF6N6O/c1-17(18(21,22)23,19(24,25)26)15(31-14(33)11-4-6-12(20)7-5-11)32-16(29-10-27)30-13-3-2-8-28-9-13/h2-9,15H,1H3,(H,31,33)(H2,29,30,32). The molecule has 3 N–H and O–H groups in total. The van der Waals surface area contributed by atoms with E-state index in [0.29, 0.717) is 0 Å². The molecular formula is C19H15ClF6N6O. The molecule has 0 aliphatic carbocycles. The number of carbonyl (C=O) groups excluding carboxylic acids is 1. The van der Waals surface area contributed by atoms with Gasteiger partial charge >= 0.3 is 12.4 Å². The molecule has 2 rings (SSSR count). The molecule has 2 aromatic rings. The lowest BCUT2D eigenvalue weighted by molar-refractivity contribution is -0.341.